The largest absolute Gasteiger partial charge is 0.322 e. The Labute approximate surface area is 122 Å². The lowest BCUT2D eigenvalue weighted by Crippen LogP contribution is -2.11. The van der Waals surface area contributed by atoms with Gasteiger partial charge in [-0.15, -0.1) is 11.3 Å². The van der Waals surface area contributed by atoms with E-state index in [9.17, 15) is 4.79 Å². The molecule has 19 heavy (non-hydrogen) atoms. The predicted octanol–water partition coefficient (Wildman–Crippen LogP) is 4.31. The molecule has 0 spiro atoms. The molecule has 5 heteroatoms. The Morgan fingerprint density at radius 2 is 2.11 bits per heavy atom. The van der Waals surface area contributed by atoms with Gasteiger partial charge in [0.25, 0.3) is 5.91 Å². The van der Waals surface area contributed by atoms with Gasteiger partial charge in [-0.3, -0.25) is 4.79 Å². The number of thiazole rings is 1. The van der Waals surface area contributed by atoms with Crippen LogP contribution in [0.3, 0.4) is 0 Å². The highest BCUT2D eigenvalue weighted by Gasteiger charge is 2.08. The third-order valence-corrected chi connectivity index (χ3v) is 3.96. The van der Waals surface area contributed by atoms with Crippen LogP contribution in [0.25, 0.3) is 10.2 Å². The fourth-order valence-electron chi connectivity index (χ4n) is 1.77. The standard InChI is InChI=1S/C14H9BrN2OS/c15-10-2-1-3-11(7-10)17-14(18)9-4-5-12-13(6-9)19-8-16-12/h1-8H,(H,17,18). The number of nitrogens with one attached hydrogen (secondary N) is 1. The summed E-state index contributed by atoms with van der Waals surface area (Å²) in [5, 5.41) is 2.87. The maximum Gasteiger partial charge on any atom is 0.255 e. The average Bonchev–Trinajstić information content (AvgIpc) is 2.85. The van der Waals surface area contributed by atoms with E-state index < -0.39 is 0 Å². The number of anilines is 1. The van der Waals surface area contributed by atoms with E-state index in [4.69, 9.17) is 0 Å². The number of fused-ring (bicyclic) bond motifs is 1. The summed E-state index contributed by atoms with van der Waals surface area (Å²) >= 11 is 4.91. The van der Waals surface area contributed by atoms with Crippen molar-refractivity contribution in [3.63, 3.8) is 0 Å². The minimum absolute atomic E-state index is 0.117. The predicted molar refractivity (Wildman–Crippen MR) is 81.7 cm³/mol. The third kappa shape index (κ3) is 2.67. The summed E-state index contributed by atoms with van der Waals surface area (Å²) in [6.45, 7) is 0. The van der Waals surface area contributed by atoms with Gasteiger partial charge in [-0.25, -0.2) is 4.98 Å². The Morgan fingerprint density at radius 1 is 1.21 bits per heavy atom. The number of carbonyl (C=O) groups excluding carboxylic acids is 1. The highest BCUT2D eigenvalue weighted by Crippen LogP contribution is 2.21. The number of rotatable bonds is 2. The lowest BCUT2D eigenvalue weighted by atomic mass is 10.2. The zero-order valence-corrected chi connectivity index (χ0v) is 12.2. The van der Waals surface area contributed by atoms with Gasteiger partial charge in [-0.1, -0.05) is 22.0 Å². The number of hydrogen-bond acceptors (Lipinski definition) is 3. The van der Waals surface area contributed by atoms with Crippen LogP contribution in [0.2, 0.25) is 0 Å². The molecule has 0 bridgehead atoms. The van der Waals surface area contributed by atoms with Gasteiger partial charge in [0.1, 0.15) is 0 Å². The quantitative estimate of drug-likeness (QED) is 0.759. The molecule has 0 aliphatic heterocycles. The number of halogens is 1. The second kappa shape index (κ2) is 5.11. The molecule has 1 heterocycles. The van der Waals surface area contributed by atoms with Crippen LogP contribution in [0.5, 0.6) is 0 Å². The summed E-state index contributed by atoms with van der Waals surface area (Å²) in [5.41, 5.74) is 4.10. The summed E-state index contributed by atoms with van der Waals surface area (Å²) < 4.78 is 1.95. The van der Waals surface area contributed by atoms with Crippen molar-refractivity contribution in [2.24, 2.45) is 0 Å². The summed E-state index contributed by atoms with van der Waals surface area (Å²) in [5.74, 6) is -0.117. The molecular weight excluding hydrogens is 324 g/mol. The molecule has 0 aliphatic rings. The van der Waals surface area contributed by atoms with Crippen molar-refractivity contribution in [1.29, 1.82) is 0 Å². The first-order valence-corrected chi connectivity index (χ1v) is 7.30. The highest BCUT2D eigenvalue weighted by molar-refractivity contribution is 9.10. The van der Waals surface area contributed by atoms with Crippen molar-refractivity contribution in [2.45, 2.75) is 0 Å². The monoisotopic (exact) mass is 332 g/mol. The van der Waals surface area contributed by atoms with E-state index >= 15 is 0 Å². The van der Waals surface area contributed by atoms with E-state index in [0.717, 1.165) is 20.4 Å². The van der Waals surface area contributed by atoms with Crippen molar-refractivity contribution < 1.29 is 4.79 Å². The second-order valence-electron chi connectivity index (χ2n) is 4.00. The number of amides is 1. The maximum atomic E-state index is 12.1. The maximum absolute atomic E-state index is 12.1. The number of nitrogens with zero attached hydrogens (tertiary/aromatic N) is 1. The number of aromatic nitrogens is 1. The molecular formula is C14H9BrN2OS. The zero-order chi connectivity index (χ0) is 13.2. The van der Waals surface area contributed by atoms with Gasteiger partial charge < -0.3 is 5.32 Å². The highest BCUT2D eigenvalue weighted by atomic mass is 79.9. The van der Waals surface area contributed by atoms with Crippen LogP contribution in [0.4, 0.5) is 5.69 Å². The molecule has 0 radical (unpaired) electrons. The molecule has 94 valence electrons. The molecule has 0 unspecified atom stereocenters. The Morgan fingerprint density at radius 3 is 2.95 bits per heavy atom. The van der Waals surface area contributed by atoms with E-state index in [-0.39, 0.29) is 5.91 Å². The minimum atomic E-state index is -0.117. The van der Waals surface area contributed by atoms with Crippen molar-refractivity contribution in [2.75, 3.05) is 5.32 Å². The number of benzene rings is 2. The van der Waals surface area contributed by atoms with E-state index in [2.05, 4.69) is 26.2 Å². The molecule has 0 saturated carbocycles. The Balaban J connectivity index is 1.87. The molecule has 0 saturated heterocycles. The normalized spacial score (nSPS) is 10.6. The van der Waals surface area contributed by atoms with Crippen molar-refractivity contribution in [3.05, 3.63) is 58.0 Å². The van der Waals surface area contributed by atoms with Gasteiger partial charge in [-0.05, 0) is 36.4 Å². The lowest BCUT2D eigenvalue weighted by molar-refractivity contribution is 0.102. The molecule has 3 rings (SSSR count). The number of hydrogen-bond donors (Lipinski definition) is 1. The molecule has 2 aromatic carbocycles. The van der Waals surface area contributed by atoms with E-state index in [1.807, 2.05) is 36.4 Å². The molecule has 0 fully saturated rings. The molecule has 1 aromatic heterocycles. The van der Waals surface area contributed by atoms with Gasteiger partial charge in [0.2, 0.25) is 0 Å². The van der Waals surface area contributed by atoms with Gasteiger partial charge in [0.15, 0.2) is 0 Å². The first kappa shape index (κ1) is 12.3. The van der Waals surface area contributed by atoms with Crippen LogP contribution in [0.15, 0.2) is 52.4 Å². The topological polar surface area (TPSA) is 42.0 Å². The molecule has 3 nitrogen and oxygen atoms in total. The molecule has 0 atom stereocenters. The van der Waals surface area contributed by atoms with Gasteiger partial charge in [0.05, 0.1) is 15.7 Å². The Bertz CT molecular complexity index is 754. The molecule has 0 aliphatic carbocycles. The smallest absolute Gasteiger partial charge is 0.255 e. The van der Waals surface area contributed by atoms with E-state index in [1.54, 1.807) is 11.6 Å². The first-order valence-electron chi connectivity index (χ1n) is 5.62. The van der Waals surface area contributed by atoms with Crippen LogP contribution in [-0.4, -0.2) is 10.9 Å². The van der Waals surface area contributed by atoms with E-state index in [0.29, 0.717) is 5.56 Å². The third-order valence-electron chi connectivity index (χ3n) is 2.68. The Kier molecular flexibility index (Phi) is 3.31. The minimum Gasteiger partial charge on any atom is -0.322 e. The first-order chi connectivity index (χ1) is 9.22. The Hall–Kier alpha value is -1.72. The molecule has 3 aromatic rings. The summed E-state index contributed by atoms with van der Waals surface area (Å²) in [6, 6.07) is 13.0. The number of carbonyl (C=O) groups is 1. The SMILES string of the molecule is O=C(Nc1cccc(Br)c1)c1ccc2ncsc2c1. The van der Waals surface area contributed by atoms with Crippen LogP contribution in [0.1, 0.15) is 10.4 Å². The summed E-state index contributed by atoms with van der Waals surface area (Å²) in [6.07, 6.45) is 0. The lowest BCUT2D eigenvalue weighted by Gasteiger charge is -2.05. The van der Waals surface area contributed by atoms with Crippen molar-refractivity contribution in [3.8, 4) is 0 Å². The summed E-state index contributed by atoms with van der Waals surface area (Å²) in [7, 11) is 0. The van der Waals surface area contributed by atoms with Gasteiger partial charge in [-0.2, -0.15) is 0 Å². The van der Waals surface area contributed by atoms with Crippen molar-refractivity contribution in [1.82, 2.24) is 4.98 Å². The fraction of sp³-hybridized carbons (Fsp3) is 0. The van der Waals surface area contributed by atoms with E-state index in [1.165, 1.54) is 11.3 Å². The van der Waals surface area contributed by atoms with Crippen LogP contribution in [-0.2, 0) is 0 Å². The zero-order valence-electron chi connectivity index (χ0n) is 9.76. The summed E-state index contributed by atoms with van der Waals surface area (Å²) in [4.78, 5) is 16.3. The average molecular weight is 333 g/mol. The van der Waals surface area contributed by atoms with Gasteiger partial charge in [0, 0.05) is 15.7 Å². The van der Waals surface area contributed by atoms with Crippen molar-refractivity contribution >= 4 is 49.1 Å². The van der Waals surface area contributed by atoms with Crippen LogP contribution >= 0.6 is 27.3 Å². The second-order valence-corrected chi connectivity index (χ2v) is 5.80. The van der Waals surface area contributed by atoms with Crippen LogP contribution in [0, 0.1) is 0 Å². The van der Waals surface area contributed by atoms with Gasteiger partial charge >= 0.3 is 0 Å². The molecule has 1 N–H and O–H groups in total. The molecule has 1 amide bonds. The fourth-order valence-corrected chi connectivity index (χ4v) is 2.88. The van der Waals surface area contributed by atoms with Crippen LogP contribution < -0.4 is 5.32 Å².